The fourth-order valence-corrected chi connectivity index (χ4v) is 2.91. The Kier molecular flexibility index (Phi) is 6.48. The van der Waals surface area contributed by atoms with E-state index in [0.717, 1.165) is 23.3 Å². The van der Waals surface area contributed by atoms with Gasteiger partial charge in [-0.2, -0.15) is 0 Å². The molecule has 0 saturated carbocycles. The third-order valence-corrected chi connectivity index (χ3v) is 4.65. The van der Waals surface area contributed by atoms with E-state index in [1.54, 1.807) is 18.3 Å². The summed E-state index contributed by atoms with van der Waals surface area (Å²) in [6, 6.07) is 15.3. The van der Waals surface area contributed by atoms with Crippen molar-refractivity contribution in [3.8, 4) is 17.1 Å². The monoisotopic (exact) mass is 378 g/mol. The zero-order valence-electron chi connectivity index (χ0n) is 16.3. The number of aromatic nitrogens is 1. The van der Waals surface area contributed by atoms with Gasteiger partial charge in [0.05, 0.1) is 6.20 Å². The molecule has 0 unspecified atom stereocenters. The summed E-state index contributed by atoms with van der Waals surface area (Å²) in [5.74, 6) is 2.00. The van der Waals surface area contributed by atoms with Crippen molar-refractivity contribution in [2.45, 2.75) is 39.0 Å². The number of nitrogens with one attached hydrogen (secondary N) is 1. The maximum atomic E-state index is 12.0. The second-order valence-electron chi connectivity index (χ2n) is 7.16. The van der Waals surface area contributed by atoms with E-state index in [2.05, 4.69) is 36.3 Å². The number of amides is 1. The molecule has 1 aromatic heterocycles. The van der Waals surface area contributed by atoms with E-state index in [-0.39, 0.29) is 11.7 Å². The van der Waals surface area contributed by atoms with E-state index in [1.807, 2.05) is 24.3 Å². The Morgan fingerprint density at radius 3 is 2.46 bits per heavy atom. The Morgan fingerprint density at radius 1 is 1.07 bits per heavy atom. The molecule has 5 heteroatoms. The van der Waals surface area contributed by atoms with Gasteiger partial charge in [-0.05, 0) is 35.6 Å². The van der Waals surface area contributed by atoms with Gasteiger partial charge in [-0.1, -0.05) is 50.2 Å². The van der Waals surface area contributed by atoms with Crippen LogP contribution in [0.25, 0.3) is 11.3 Å². The fourth-order valence-electron chi connectivity index (χ4n) is 2.91. The van der Waals surface area contributed by atoms with Crippen LogP contribution in [0.3, 0.4) is 0 Å². The van der Waals surface area contributed by atoms with E-state index >= 15 is 0 Å². The molecule has 3 aromatic rings. The number of phenols is 1. The average Bonchev–Trinajstić information content (AvgIpc) is 3.17. The highest BCUT2D eigenvalue weighted by atomic mass is 16.4. The van der Waals surface area contributed by atoms with Gasteiger partial charge in [0.2, 0.25) is 5.91 Å². The average molecular weight is 378 g/mol. The van der Waals surface area contributed by atoms with Crippen LogP contribution in [0.15, 0.2) is 59.1 Å². The molecule has 2 N–H and O–H groups in total. The lowest BCUT2D eigenvalue weighted by Gasteiger charge is -2.05. The zero-order chi connectivity index (χ0) is 19.9. The summed E-state index contributed by atoms with van der Waals surface area (Å²) < 4.78 is 5.79. The third kappa shape index (κ3) is 5.46. The smallest absolute Gasteiger partial charge is 0.220 e. The molecule has 5 nitrogen and oxygen atoms in total. The van der Waals surface area contributed by atoms with Crippen LogP contribution in [0.5, 0.6) is 5.75 Å². The van der Waals surface area contributed by atoms with Crippen molar-refractivity contribution < 1.29 is 14.3 Å². The first kappa shape index (κ1) is 19.7. The molecule has 28 heavy (non-hydrogen) atoms. The van der Waals surface area contributed by atoms with Crippen molar-refractivity contribution in [2.75, 3.05) is 6.54 Å². The summed E-state index contributed by atoms with van der Waals surface area (Å²) in [6.07, 6.45) is 3.24. The lowest BCUT2D eigenvalue weighted by Crippen LogP contribution is -2.25. The van der Waals surface area contributed by atoms with E-state index in [4.69, 9.17) is 4.42 Å². The van der Waals surface area contributed by atoms with Crippen molar-refractivity contribution >= 4 is 5.91 Å². The highest BCUT2D eigenvalue weighted by Gasteiger charge is 2.09. The standard InChI is InChI=1S/C23H26N2O3/c1-16(2)18-5-7-19(8-6-18)21-15-25-23(28-21)12-11-22(27)24-14-13-17-3-9-20(26)10-4-17/h3-10,15-16,26H,11-14H2,1-2H3,(H,24,27). The molecule has 0 spiro atoms. The topological polar surface area (TPSA) is 75.4 Å². The van der Waals surface area contributed by atoms with Gasteiger partial charge >= 0.3 is 0 Å². The molecule has 0 fully saturated rings. The number of carbonyl (C=O) groups is 1. The maximum absolute atomic E-state index is 12.0. The maximum Gasteiger partial charge on any atom is 0.220 e. The Bertz CT molecular complexity index is 896. The highest BCUT2D eigenvalue weighted by molar-refractivity contribution is 5.76. The summed E-state index contributed by atoms with van der Waals surface area (Å²) in [7, 11) is 0. The molecule has 3 rings (SSSR count). The number of aryl methyl sites for hydroxylation is 1. The van der Waals surface area contributed by atoms with Crippen LogP contribution in [0.4, 0.5) is 0 Å². The largest absolute Gasteiger partial charge is 0.508 e. The van der Waals surface area contributed by atoms with Crippen LogP contribution in [-0.2, 0) is 17.6 Å². The number of hydrogen-bond donors (Lipinski definition) is 2. The number of oxazole rings is 1. The van der Waals surface area contributed by atoms with Gasteiger partial charge < -0.3 is 14.8 Å². The number of carbonyl (C=O) groups excluding carboxylic acids is 1. The minimum absolute atomic E-state index is 0.0279. The van der Waals surface area contributed by atoms with Crippen LogP contribution in [-0.4, -0.2) is 22.5 Å². The predicted molar refractivity (Wildman–Crippen MR) is 109 cm³/mol. The van der Waals surface area contributed by atoms with Crippen molar-refractivity contribution in [3.63, 3.8) is 0 Å². The predicted octanol–water partition coefficient (Wildman–Crippen LogP) is 4.46. The summed E-state index contributed by atoms with van der Waals surface area (Å²) in [4.78, 5) is 16.3. The second kappa shape index (κ2) is 9.22. The van der Waals surface area contributed by atoms with Gasteiger partial charge in [-0.15, -0.1) is 0 Å². The first-order valence-corrected chi connectivity index (χ1v) is 9.61. The van der Waals surface area contributed by atoms with Crippen molar-refractivity contribution in [2.24, 2.45) is 0 Å². The molecule has 0 aliphatic carbocycles. The molecule has 1 amide bonds. The van der Waals surface area contributed by atoms with Crippen molar-refractivity contribution in [3.05, 3.63) is 71.7 Å². The fraction of sp³-hybridized carbons (Fsp3) is 0.304. The van der Waals surface area contributed by atoms with Crippen LogP contribution in [0.2, 0.25) is 0 Å². The lowest BCUT2D eigenvalue weighted by molar-refractivity contribution is -0.121. The second-order valence-corrected chi connectivity index (χ2v) is 7.16. The first-order valence-electron chi connectivity index (χ1n) is 9.61. The molecule has 146 valence electrons. The summed E-state index contributed by atoms with van der Waals surface area (Å²) >= 11 is 0. The first-order chi connectivity index (χ1) is 13.5. The SMILES string of the molecule is CC(C)c1ccc(-c2cnc(CCC(=O)NCCc3ccc(O)cc3)o2)cc1. The summed E-state index contributed by atoms with van der Waals surface area (Å²) in [5, 5.41) is 12.2. The minimum Gasteiger partial charge on any atom is -0.508 e. The normalized spacial score (nSPS) is 11.0. The number of phenolic OH excluding ortho intramolecular Hbond substituents is 1. The minimum atomic E-state index is -0.0279. The van der Waals surface area contributed by atoms with Crippen molar-refractivity contribution in [1.29, 1.82) is 0 Å². The van der Waals surface area contributed by atoms with Gasteiger partial charge in [0.25, 0.3) is 0 Å². The number of hydrogen-bond acceptors (Lipinski definition) is 4. The molecule has 1 heterocycles. The van der Waals surface area contributed by atoms with E-state index in [9.17, 15) is 9.90 Å². The summed E-state index contributed by atoms with van der Waals surface area (Å²) in [6.45, 7) is 4.89. The molecular formula is C23H26N2O3. The quantitative estimate of drug-likeness (QED) is 0.607. The van der Waals surface area contributed by atoms with Crippen LogP contribution >= 0.6 is 0 Å². The molecule has 0 radical (unpaired) electrons. The van der Waals surface area contributed by atoms with E-state index in [0.29, 0.717) is 31.2 Å². The molecule has 2 aromatic carbocycles. The van der Waals surface area contributed by atoms with Gasteiger partial charge in [0.1, 0.15) is 5.75 Å². The van der Waals surface area contributed by atoms with Crippen LogP contribution < -0.4 is 5.32 Å². The molecular weight excluding hydrogens is 352 g/mol. The molecule has 0 bridgehead atoms. The Labute approximate surface area is 165 Å². The van der Waals surface area contributed by atoms with Crippen molar-refractivity contribution in [1.82, 2.24) is 10.3 Å². The zero-order valence-corrected chi connectivity index (χ0v) is 16.3. The number of aromatic hydroxyl groups is 1. The van der Waals surface area contributed by atoms with E-state index in [1.165, 1.54) is 5.56 Å². The molecule has 0 aliphatic rings. The lowest BCUT2D eigenvalue weighted by atomic mass is 10.0. The molecule has 0 atom stereocenters. The highest BCUT2D eigenvalue weighted by Crippen LogP contribution is 2.23. The van der Waals surface area contributed by atoms with Gasteiger partial charge in [0, 0.05) is 24.9 Å². The Hall–Kier alpha value is -3.08. The number of benzene rings is 2. The van der Waals surface area contributed by atoms with Gasteiger partial charge in [-0.25, -0.2) is 4.98 Å². The van der Waals surface area contributed by atoms with Gasteiger partial charge in [0.15, 0.2) is 11.7 Å². The summed E-state index contributed by atoms with van der Waals surface area (Å²) in [5.41, 5.74) is 3.34. The van der Waals surface area contributed by atoms with Crippen LogP contribution in [0, 0.1) is 0 Å². The van der Waals surface area contributed by atoms with Gasteiger partial charge in [-0.3, -0.25) is 4.79 Å². The number of nitrogens with zero attached hydrogens (tertiary/aromatic N) is 1. The third-order valence-electron chi connectivity index (χ3n) is 4.65. The van der Waals surface area contributed by atoms with Crippen LogP contribution in [0.1, 0.15) is 43.2 Å². The van der Waals surface area contributed by atoms with E-state index < -0.39 is 0 Å². The Morgan fingerprint density at radius 2 is 1.79 bits per heavy atom. The Balaban J connectivity index is 1.44. The number of rotatable bonds is 8. The molecule has 0 aliphatic heterocycles. The molecule has 0 saturated heterocycles.